The Morgan fingerprint density at radius 3 is 2.46 bits per heavy atom. The maximum Gasteiger partial charge on any atom is 0.262 e. The minimum Gasteiger partial charge on any atom is -0.482 e. The topological polar surface area (TPSA) is 94.2 Å². The molecule has 0 saturated carbocycles. The van der Waals surface area contributed by atoms with Gasteiger partial charge in [-0.1, -0.05) is 23.2 Å². The summed E-state index contributed by atoms with van der Waals surface area (Å²) in [6, 6.07) is 16.3. The zero-order valence-electron chi connectivity index (χ0n) is 19.5. The van der Waals surface area contributed by atoms with Gasteiger partial charge in [0.25, 0.3) is 17.7 Å². The van der Waals surface area contributed by atoms with Gasteiger partial charge in [0, 0.05) is 17.3 Å². The molecule has 3 aromatic carbocycles. The molecule has 0 spiro atoms. The zero-order chi connectivity index (χ0) is 25.9. The number of benzene rings is 3. The molecule has 1 fully saturated rings. The highest BCUT2D eigenvalue weighted by atomic mass is 35.5. The van der Waals surface area contributed by atoms with Crippen molar-refractivity contribution in [1.29, 1.82) is 0 Å². The lowest BCUT2D eigenvalue weighted by Crippen LogP contribution is -2.36. The number of rotatable bonds is 8. The van der Waals surface area contributed by atoms with E-state index in [1.165, 1.54) is 11.0 Å². The van der Waals surface area contributed by atoms with Crippen LogP contribution in [0.4, 0.5) is 5.69 Å². The molecule has 0 aromatic heterocycles. The molecule has 10 heteroatoms. The summed E-state index contributed by atoms with van der Waals surface area (Å²) >= 11 is 11.9. The van der Waals surface area contributed by atoms with Gasteiger partial charge in [-0.25, -0.2) is 0 Å². The van der Waals surface area contributed by atoms with Crippen LogP contribution in [0.2, 0.25) is 10.0 Å². The second-order valence-corrected chi connectivity index (χ2v) is 9.44. The zero-order valence-corrected chi connectivity index (χ0v) is 21.1. The van der Waals surface area contributed by atoms with Crippen LogP contribution >= 0.6 is 23.2 Å². The summed E-state index contributed by atoms with van der Waals surface area (Å²) in [7, 11) is 0. The Morgan fingerprint density at radius 2 is 1.73 bits per heavy atom. The van der Waals surface area contributed by atoms with E-state index < -0.39 is 0 Å². The molecule has 5 rings (SSSR count). The maximum atomic E-state index is 12.9. The number of fused-ring (bicyclic) bond motifs is 1. The van der Waals surface area contributed by atoms with Crippen molar-refractivity contribution in [2.24, 2.45) is 0 Å². The van der Waals surface area contributed by atoms with Crippen molar-refractivity contribution >= 4 is 46.6 Å². The fraction of sp³-hybridized carbons (Fsp3) is 0.222. The molecule has 3 aromatic rings. The van der Waals surface area contributed by atoms with E-state index in [0.717, 1.165) is 12.8 Å². The van der Waals surface area contributed by atoms with E-state index in [0.29, 0.717) is 50.7 Å². The third kappa shape index (κ3) is 5.72. The van der Waals surface area contributed by atoms with Crippen LogP contribution in [0.25, 0.3) is 0 Å². The Labute approximate surface area is 223 Å². The number of ether oxygens (including phenoxy) is 3. The Kier molecular flexibility index (Phi) is 7.32. The summed E-state index contributed by atoms with van der Waals surface area (Å²) in [5.41, 5.74) is 1.21. The van der Waals surface area contributed by atoms with Crippen LogP contribution in [-0.4, -0.2) is 48.5 Å². The van der Waals surface area contributed by atoms with Crippen molar-refractivity contribution in [2.75, 3.05) is 25.1 Å². The van der Waals surface area contributed by atoms with Gasteiger partial charge in [-0.05, 0) is 73.5 Å². The minimum absolute atomic E-state index is 0.112. The average molecular weight is 541 g/mol. The summed E-state index contributed by atoms with van der Waals surface area (Å²) in [5.74, 6) is 0.244. The highest BCUT2D eigenvalue weighted by Gasteiger charge is 2.37. The van der Waals surface area contributed by atoms with E-state index in [4.69, 9.17) is 37.4 Å². The summed E-state index contributed by atoms with van der Waals surface area (Å²) in [4.78, 5) is 39.0. The van der Waals surface area contributed by atoms with E-state index in [1.54, 1.807) is 54.6 Å². The molecular weight excluding hydrogens is 519 g/mol. The summed E-state index contributed by atoms with van der Waals surface area (Å²) in [6.07, 6.45) is 1.65. The highest BCUT2D eigenvalue weighted by Crippen LogP contribution is 2.31. The maximum absolute atomic E-state index is 12.9. The van der Waals surface area contributed by atoms with E-state index >= 15 is 0 Å². The van der Waals surface area contributed by atoms with E-state index in [9.17, 15) is 14.4 Å². The van der Waals surface area contributed by atoms with Crippen LogP contribution in [0.5, 0.6) is 17.2 Å². The van der Waals surface area contributed by atoms with Crippen LogP contribution in [0, 0.1) is 0 Å². The normalized spacial score (nSPS) is 16.6. The molecule has 37 heavy (non-hydrogen) atoms. The van der Waals surface area contributed by atoms with Crippen molar-refractivity contribution in [3.05, 3.63) is 81.8 Å². The van der Waals surface area contributed by atoms with Crippen LogP contribution < -0.4 is 14.8 Å². The fourth-order valence-corrected chi connectivity index (χ4v) is 4.63. The molecule has 1 unspecified atom stereocenters. The van der Waals surface area contributed by atoms with Gasteiger partial charge < -0.3 is 19.5 Å². The first-order valence-electron chi connectivity index (χ1n) is 11.6. The Balaban J connectivity index is 1.17. The number of nitrogens with one attached hydrogen (secondary N) is 1. The molecule has 0 aliphatic carbocycles. The summed E-state index contributed by atoms with van der Waals surface area (Å²) in [6.45, 7) is 0.680. The molecular formula is C27H22Cl2N2O6. The number of amides is 3. The lowest BCUT2D eigenvalue weighted by molar-refractivity contribution is -0.118. The van der Waals surface area contributed by atoms with Gasteiger partial charge in [-0.2, -0.15) is 0 Å². The van der Waals surface area contributed by atoms with Crippen LogP contribution in [0.1, 0.15) is 33.6 Å². The van der Waals surface area contributed by atoms with Gasteiger partial charge in [0.1, 0.15) is 17.2 Å². The summed E-state index contributed by atoms with van der Waals surface area (Å²) < 4.78 is 16.9. The molecule has 190 valence electrons. The van der Waals surface area contributed by atoms with Crippen LogP contribution in [0.3, 0.4) is 0 Å². The van der Waals surface area contributed by atoms with Crippen LogP contribution in [0.15, 0.2) is 60.7 Å². The first kappa shape index (κ1) is 25.1. The third-order valence-corrected chi connectivity index (χ3v) is 6.51. The second kappa shape index (κ2) is 10.8. The minimum atomic E-state index is -0.367. The number of imide groups is 1. The quantitative estimate of drug-likeness (QED) is 0.375. The lowest BCUT2D eigenvalue weighted by atomic mass is 10.1. The van der Waals surface area contributed by atoms with E-state index in [1.807, 2.05) is 0 Å². The van der Waals surface area contributed by atoms with Crippen molar-refractivity contribution in [1.82, 2.24) is 4.90 Å². The molecule has 1 N–H and O–H groups in total. The van der Waals surface area contributed by atoms with Crippen molar-refractivity contribution in [3.63, 3.8) is 0 Å². The molecule has 1 saturated heterocycles. The van der Waals surface area contributed by atoms with Gasteiger partial charge in [0.2, 0.25) is 0 Å². The standard InChI is InChI=1S/C27H22Cl2N2O6/c28-16-3-10-24(23(29)12-16)36-15-25(32)30-17-4-6-18(7-5-17)37-19-8-9-21-22(13-19)27(34)31(26(21)33)14-20-2-1-11-35-20/h3-10,12-13,20H,1-2,11,14-15H2,(H,30,32). The number of nitrogens with zero attached hydrogens (tertiary/aromatic N) is 1. The van der Waals surface area contributed by atoms with Crippen LogP contribution in [-0.2, 0) is 9.53 Å². The molecule has 0 radical (unpaired) electrons. The first-order valence-corrected chi connectivity index (χ1v) is 12.4. The number of carbonyl (C=O) groups is 3. The predicted octanol–water partition coefficient (Wildman–Crippen LogP) is 5.58. The second-order valence-electron chi connectivity index (χ2n) is 8.60. The Bertz CT molecular complexity index is 1360. The van der Waals surface area contributed by atoms with Crippen molar-refractivity contribution in [2.45, 2.75) is 18.9 Å². The third-order valence-electron chi connectivity index (χ3n) is 5.98. The smallest absolute Gasteiger partial charge is 0.262 e. The monoisotopic (exact) mass is 540 g/mol. The molecule has 2 aliphatic heterocycles. The predicted molar refractivity (Wildman–Crippen MR) is 138 cm³/mol. The molecule has 3 amide bonds. The molecule has 8 nitrogen and oxygen atoms in total. The van der Waals surface area contributed by atoms with Gasteiger partial charge in [0.05, 0.1) is 28.8 Å². The number of hydrogen-bond donors (Lipinski definition) is 1. The molecule has 2 aliphatic rings. The number of carbonyl (C=O) groups excluding carboxylic acids is 3. The highest BCUT2D eigenvalue weighted by molar-refractivity contribution is 6.35. The SMILES string of the molecule is O=C(COc1ccc(Cl)cc1Cl)Nc1ccc(Oc2ccc3c(c2)C(=O)N(CC2CCCO2)C3=O)cc1. The van der Waals surface area contributed by atoms with Gasteiger partial charge in [-0.15, -0.1) is 0 Å². The Morgan fingerprint density at radius 1 is 0.973 bits per heavy atom. The lowest BCUT2D eigenvalue weighted by Gasteiger charge is -2.17. The van der Waals surface area contributed by atoms with Crippen molar-refractivity contribution < 1.29 is 28.6 Å². The van der Waals surface area contributed by atoms with E-state index in [2.05, 4.69) is 5.32 Å². The number of hydrogen-bond acceptors (Lipinski definition) is 6. The van der Waals surface area contributed by atoms with E-state index in [-0.39, 0.29) is 37.0 Å². The van der Waals surface area contributed by atoms with Gasteiger partial charge in [0.15, 0.2) is 6.61 Å². The fourth-order valence-electron chi connectivity index (χ4n) is 4.17. The summed E-state index contributed by atoms with van der Waals surface area (Å²) in [5, 5.41) is 3.51. The molecule has 0 bridgehead atoms. The average Bonchev–Trinajstić information content (AvgIpc) is 3.48. The largest absolute Gasteiger partial charge is 0.482 e. The van der Waals surface area contributed by atoms with Crippen molar-refractivity contribution in [3.8, 4) is 17.2 Å². The number of halogens is 2. The number of anilines is 1. The molecule has 1 atom stereocenters. The first-order chi connectivity index (χ1) is 17.9. The Hall–Kier alpha value is -3.59. The van der Waals surface area contributed by atoms with Gasteiger partial charge in [-0.3, -0.25) is 19.3 Å². The molecule has 2 heterocycles. The van der Waals surface area contributed by atoms with Gasteiger partial charge >= 0.3 is 0 Å².